The average molecular weight is 509 g/mol. The van der Waals surface area contributed by atoms with E-state index in [0.717, 1.165) is 38.2 Å². The van der Waals surface area contributed by atoms with Gasteiger partial charge in [-0.1, -0.05) is 91.0 Å². The van der Waals surface area contributed by atoms with Gasteiger partial charge >= 0.3 is 6.03 Å². The Balaban J connectivity index is 1.47. The molecule has 0 saturated heterocycles. The maximum Gasteiger partial charge on any atom is 0.323 e. The molecule has 6 aromatic carbocycles. The van der Waals surface area contributed by atoms with Crippen molar-refractivity contribution in [3.8, 4) is 28.0 Å². The summed E-state index contributed by atoms with van der Waals surface area (Å²) >= 11 is 0. The number of phenolic OH excluding ortho intramolecular Hbond substituents is 1. The molecule has 0 saturated carbocycles. The van der Waals surface area contributed by atoms with E-state index in [1.54, 1.807) is 6.07 Å². The van der Waals surface area contributed by atoms with Gasteiger partial charge in [0.05, 0.1) is 5.56 Å². The fraction of sp³-hybridized carbons (Fsp3) is 0. The van der Waals surface area contributed by atoms with Crippen molar-refractivity contribution in [2.45, 2.75) is 0 Å². The summed E-state index contributed by atoms with van der Waals surface area (Å²) in [4.78, 5) is 24.4. The van der Waals surface area contributed by atoms with E-state index < -0.39 is 0 Å². The van der Waals surface area contributed by atoms with Crippen LogP contribution in [-0.2, 0) is 0 Å². The number of amides is 2. The van der Waals surface area contributed by atoms with Gasteiger partial charge in [0.25, 0.3) is 0 Å². The van der Waals surface area contributed by atoms with Crippen LogP contribution >= 0.6 is 0 Å². The zero-order valence-electron chi connectivity index (χ0n) is 20.9. The predicted molar refractivity (Wildman–Crippen MR) is 158 cm³/mol. The van der Waals surface area contributed by atoms with E-state index in [2.05, 4.69) is 16.7 Å². The van der Waals surface area contributed by atoms with E-state index in [4.69, 9.17) is 0 Å². The lowest BCUT2D eigenvalue weighted by atomic mass is 9.86. The van der Waals surface area contributed by atoms with Gasteiger partial charge in [-0.05, 0) is 63.0 Å². The first-order chi connectivity index (χ1) is 19.1. The molecule has 0 radical (unpaired) electrons. The molecule has 0 bridgehead atoms. The molecule has 0 aliphatic rings. The van der Waals surface area contributed by atoms with Gasteiger partial charge < -0.3 is 15.7 Å². The molecule has 0 aromatic heterocycles. The van der Waals surface area contributed by atoms with Crippen LogP contribution < -0.4 is 10.6 Å². The highest BCUT2D eigenvalue weighted by Gasteiger charge is 2.20. The smallest absolute Gasteiger partial charge is 0.323 e. The summed E-state index contributed by atoms with van der Waals surface area (Å²) in [7, 11) is 0. The minimum absolute atomic E-state index is 0.0443. The number of nitrogens with one attached hydrogen (secondary N) is 2. The molecule has 5 heteroatoms. The Morgan fingerprint density at radius 1 is 0.615 bits per heavy atom. The van der Waals surface area contributed by atoms with Crippen LogP contribution in [0.5, 0.6) is 5.75 Å². The van der Waals surface area contributed by atoms with Gasteiger partial charge in [-0.15, -0.1) is 0 Å². The summed E-state index contributed by atoms with van der Waals surface area (Å²) in [5.41, 5.74) is 4.86. The topological polar surface area (TPSA) is 78.4 Å². The number of rotatable bonds is 5. The number of carbonyl (C=O) groups excluding carboxylic acids is 2. The number of carbonyl (C=O) groups is 2. The van der Waals surface area contributed by atoms with Gasteiger partial charge in [0.1, 0.15) is 5.75 Å². The van der Waals surface area contributed by atoms with Crippen LogP contribution in [0.15, 0.2) is 121 Å². The van der Waals surface area contributed by atoms with Crippen molar-refractivity contribution in [3.63, 3.8) is 0 Å². The lowest BCUT2D eigenvalue weighted by Gasteiger charge is -2.18. The van der Waals surface area contributed by atoms with Crippen molar-refractivity contribution in [3.05, 3.63) is 127 Å². The predicted octanol–water partition coefficient (Wildman–Crippen LogP) is 8.49. The van der Waals surface area contributed by atoms with Crippen LogP contribution in [0.3, 0.4) is 0 Å². The Bertz CT molecular complexity index is 1850. The van der Waals surface area contributed by atoms with Crippen LogP contribution in [0.25, 0.3) is 43.8 Å². The average Bonchev–Trinajstić information content (AvgIpc) is 2.97. The lowest BCUT2D eigenvalue weighted by Crippen LogP contribution is -2.19. The van der Waals surface area contributed by atoms with Crippen LogP contribution in [0, 0.1) is 0 Å². The Morgan fingerprint density at radius 2 is 1.21 bits per heavy atom. The van der Waals surface area contributed by atoms with E-state index in [-0.39, 0.29) is 17.3 Å². The second kappa shape index (κ2) is 10.1. The summed E-state index contributed by atoms with van der Waals surface area (Å²) < 4.78 is 0. The second-order valence-corrected chi connectivity index (χ2v) is 9.26. The molecule has 0 unspecified atom stereocenters. The molecule has 0 heterocycles. The molecule has 0 fully saturated rings. The number of fused-ring (bicyclic) bond motifs is 2. The maximum absolute atomic E-state index is 12.5. The third-order valence-electron chi connectivity index (χ3n) is 6.84. The molecule has 0 spiro atoms. The maximum atomic E-state index is 12.5. The molecule has 2 amide bonds. The molecule has 39 heavy (non-hydrogen) atoms. The first-order valence-electron chi connectivity index (χ1n) is 12.6. The molecule has 0 atom stereocenters. The molecule has 0 aliphatic heterocycles. The number of aldehydes is 1. The second-order valence-electron chi connectivity index (χ2n) is 9.26. The van der Waals surface area contributed by atoms with Crippen molar-refractivity contribution >= 4 is 45.2 Å². The summed E-state index contributed by atoms with van der Waals surface area (Å²) in [6, 6.07) is 38.0. The first-order valence-corrected chi connectivity index (χ1v) is 12.6. The number of aromatic hydroxyl groups is 1. The van der Waals surface area contributed by atoms with Crippen molar-refractivity contribution in [1.29, 1.82) is 0 Å². The van der Waals surface area contributed by atoms with Crippen LogP contribution in [0.4, 0.5) is 16.2 Å². The monoisotopic (exact) mass is 508 g/mol. The fourth-order valence-corrected chi connectivity index (χ4v) is 5.03. The Kier molecular flexibility index (Phi) is 6.23. The minimum Gasteiger partial charge on any atom is -0.507 e. The SMILES string of the molecule is O=Cc1cc2ccccc2c(-c2c(-c3ccc(NC(=O)Nc4ccccc4)cc3)ccc3ccccc23)c1O. The Labute approximate surface area is 225 Å². The molecule has 0 aliphatic carbocycles. The van der Waals surface area contributed by atoms with Crippen LogP contribution in [0.2, 0.25) is 0 Å². The Hall–Kier alpha value is -5.42. The van der Waals surface area contributed by atoms with Gasteiger partial charge in [-0.2, -0.15) is 0 Å². The molecular formula is C34H24N2O3. The van der Waals surface area contributed by atoms with Gasteiger partial charge in [0.2, 0.25) is 0 Å². The van der Waals surface area contributed by atoms with E-state index in [1.165, 1.54) is 0 Å². The van der Waals surface area contributed by atoms with Gasteiger partial charge in [-0.25, -0.2) is 4.79 Å². The van der Waals surface area contributed by atoms with Crippen LogP contribution in [0.1, 0.15) is 10.4 Å². The third-order valence-corrected chi connectivity index (χ3v) is 6.84. The molecule has 3 N–H and O–H groups in total. The number of para-hydroxylation sites is 1. The van der Waals surface area contributed by atoms with E-state index in [9.17, 15) is 14.7 Å². The number of urea groups is 1. The molecular weight excluding hydrogens is 484 g/mol. The molecule has 6 rings (SSSR count). The summed E-state index contributed by atoms with van der Waals surface area (Å²) in [6.45, 7) is 0. The zero-order chi connectivity index (χ0) is 26.8. The van der Waals surface area contributed by atoms with Crippen molar-refractivity contribution in [2.75, 3.05) is 10.6 Å². The number of anilines is 2. The minimum atomic E-state index is -0.331. The number of hydrogen-bond acceptors (Lipinski definition) is 3. The highest BCUT2D eigenvalue weighted by atomic mass is 16.3. The summed E-state index contributed by atoms with van der Waals surface area (Å²) in [5, 5.41) is 20.7. The number of phenols is 1. The van der Waals surface area contributed by atoms with E-state index in [0.29, 0.717) is 23.2 Å². The first kappa shape index (κ1) is 23.9. The number of hydrogen-bond donors (Lipinski definition) is 3. The summed E-state index contributed by atoms with van der Waals surface area (Å²) in [5.74, 6) is -0.0443. The van der Waals surface area contributed by atoms with E-state index in [1.807, 2.05) is 109 Å². The Morgan fingerprint density at radius 3 is 1.90 bits per heavy atom. The van der Waals surface area contributed by atoms with Gasteiger partial charge in [0.15, 0.2) is 6.29 Å². The molecule has 5 nitrogen and oxygen atoms in total. The van der Waals surface area contributed by atoms with Crippen LogP contribution in [-0.4, -0.2) is 17.4 Å². The standard InChI is InChI=1S/C34H24N2O3/c37-21-25-20-24-9-5-7-13-29(24)32(33(25)38)31-28-12-6-4-8-22(28)16-19-30(31)23-14-17-27(18-15-23)36-34(39)35-26-10-2-1-3-11-26/h1-21,38H,(H2,35,36,39). The van der Waals surface area contributed by atoms with Crippen molar-refractivity contribution < 1.29 is 14.7 Å². The van der Waals surface area contributed by atoms with Gasteiger partial charge in [-0.3, -0.25) is 4.79 Å². The van der Waals surface area contributed by atoms with Crippen molar-refractivity contribution in [2.24, 2.45) is 0 Å². The van der Waals surface area contributed by atoms with E-state index >= 15 is 0 Å². The zero-order valence-corrected chi connectivity index (χ0v) is 20.9. The highest BCUT2D eigenvalue weighted by Crippen LogP contribution is 2.46. The molecule has 6 aromatic rings. The quantitative estimate of drug-likeness (QED) is 0.204. The fourth-order valence-electron chi connectivity index (χ4n) is 5.03. The normalized spacial score (nSPS) is 10.9. The highest BCUT2D eigenvalue weighted by molar-refractivity contribution is 6.14. The largest absolute Gasteiger partial charge is 0.507 e. The van der Waals surface area contributed by atoms with Crippen molar-refractivity contribution in [1.82, 2.24) is 0 Å². The summed E-state index contributed by atoms with van der Waals surface area (Å²) in [6.07, 6.45) is 0.691. The molecule has 188 valence electrons. The lowest BCUT2D eigenvalue weighted by molar-refractivity contribution is 0.112. The van der Waals surface area contributed by atoms with Gasteiger partial charge in [0, 0.05) is 22.5 Å². The third kappa shape index (κ3) is 4.58. The number of benzene rings is 6.